The van der Waals surface area contributed by atoms with Gasteiger partial charge in [-0.2, -0.15) is 13.2 Å². The minimum Gasteiger partial charge on any atom is -0.371 e. The Morgan fingerprint density at radius 3 is 2.71 bits per heavy atom. The molecule has 0 spiro atoms. The molecule has 0 N–H and O–H groups in total. The molecule has 2 unspecified atom stereocenters. The van der Waals surface area contributed by atoms with Gasteiger partial charge in [0.15, 0.2) is 5.82 Å². The molecule has 1 heterocycles. The minimum atomic E-state index is -4.45. The lowest BCUT2D eigenvalue weighted by Gasteiger charge is -2.29. The number of ether oxygens (including phenoxy) is 1. The average Bonchev–Trinajstić information content (AvgIpc) is 3.10. The third-order valence-electron chi connectivity index (χ3n) is 4.60. The van der Waals surface area contributed by atoms with Crippen molar-refractivity contribution in [1.82, 2.24) is 14.8 Å². The Labute approximate surface area is 162 Å². The first-order valence-electron chi connectivity index (χ1n) is 9.36. The van der Waals surface area contributed by atoms with Gasteiger partial charge in [0.05, 0.1) is 17.8 Å². The predicted octanol–water partition coefficient (Wildman–Crippen LogP) is 5.34. The SMILES string of the molecule is CC(C)OC1C=C(C(F)(F)F)C=C(c2ncn(/C=C\C3=CCCC=C3)n2)C1C. The van der Waals surface area contributed by atoms with E-state index < -0.39 is 17.9 Å². The molecule has 28 heavy (non-hydrogen) atoms. The topological polar surface area (TPSA) is 39.9 Å². The van der Waals surface area contributed by atoms with E-state index in [1.165, 1.54) is 11.0 Å². The van der Waals surface area contributed by atoms with Crippen LogP contribution in [0.15, 0.2) is 53.9 Å². The standard InChI is InChI=1S/C21H24F3N3O/c1-14(2)28-19-12-17(21(22,23)24)11-18(15(19)3)20-25-13-27(26-20)10-9-16-7-5-4-6-8-16/h5,7-15,19H,4,6H2,1-3H3/b10-9-. The summed E-state index contributed by atoms with van der Waals surface area (Å²) in [4.78, 5) is 4.23. The van der Waals surface area contributed by atoms with E-state index in [1.54, 1.807) is 20.0 Å². The molecule has 2 aliphatic carbocycles. The van der Waals surface area contributed by atoms with E-state index in [2.05, 4.69) is 22.2 Å². The summed E-state index contributed by atoms with van der Waals surface area (Å²) in [5.41, 5.74) is 0.765. The highest BCUT2D eigenvalue weighted by Gasteiger charge is 2.38. The highest BCUT2D eigenvalue weighted by molar-refractivity contribution is 5.68. The van der Waals surface area contributed by atoms with Gasteiger partial charge in [0.25, 0.3) is 0 Å². The number of hydrogen-bond acceptors (Lipinski definition) is 3. The van der Waals surface area contributed by atoms with Crippen molar-refractivity contribution in [3.8, 4) is 0 Å². The van der Waals surface area contributed by atoms with Crippen molar-refractivity contribution >= 4 is 11.8 Å². The third kappa shape index (κ3) is 4.90. The molecule has 3 rings (SSSR count). The lowest BCUT2D eigenvalue weighted by Crippen LogP contribution is -2.29. The number of hydrogen-bond donors (Lipinski definition) is 0. The van der Waals surface area contributed by atoms with Gasteiger partial charge in [0.2, 0.25) is 0 Å². The van der Waals surface area contributed by atoms with E-state index in [1.807, 2.05) is 19.1 Å². The minimum absolute atomic E-state index is 0.192. The van der Waals surface area contributed by atoms with Crippen LogP contribution in [0.25, 0.3) is 11.8 Å². The molecule has 1 aromatic rings. The van der Waals surface area contributed by atoms with Gasteiger partial charge in [0, 0.05) is 17.7 Å². The second kappa shape index (κ2) is 8.31. The van der Waals surface area contributed by atoms with E-state index in [0.29, 0.717) is 5.57 Å². The summed E-state index contributed by atoms with van der Waals surface area (Å²) >= 11 is 0. The molecule has 7 heteroatoms. The first-order valence-corrected chi connectivity index (χ1v) is 9.36. The molecule has 0 fully saturated rings. The van der Waals surface area contributed by atoms with E-state index in [0.717, 1.165) is 30.6 Å². The fourth-order valence-electron chi connectivity index (χ4n) is 3.16. The average molecular weight is 391 g/mol. The van der Waals surface area contributed by atoms with Crippen molar-refractivity contribution in [2.75, 3.05) is 0 Å². The van der Waals surface area contributed by atoms with Crippen molar-refractivity contribution in [3.63, 3.8) is 0 Å². The van der Waals surface area contributed by atoms with Crippen LogP contribution in [-0.2, 0) is 4.74 Å². The summed E-state index contributed by atoms with van der Waals surface area (Å²) in [5.74, 6) is -0.0187. The van der Waals surface area contributed by atoms with Crippen LogP contribution in [0.2, 0.25) is 0 Å². The Morgan fingerprint density at radius 2 is 2.07 bits per heavy atom. The van der Waals surface area contributed by atoms with Crippen LogP contribution < -0.4 is 0 Å². The summed E-state index contributed by atoms with van der Waals surface area (Å²) in [6, 6.07) is 0. The van der Waals surface area contributed by atoms with Crippen LogP contribution in [0.5, 0.6) is 0 Å². The maximum atomic E-state index is 13.4. The van der Waals surface area contributed by atoms with E-state index in [9.17, 15) is 13.2 Å². The monoisotopic (exact) mass is 391 g/mol. The highest BCUT2D eigenvalue weighted by Crippen LogP contribution is 2.38. The lowest BCUT2D eigenvalue weighted by atomic mass is 9.86. The maximum absolute atomic E-state index is 13.4. The van der Waals surface area contributed by atoms with Crippen LogP contribution in [0.1, 0.15) is 39.4 Å². The van der Waals surface area contributed by atoms with Crippen molar-refractivity contribution in [1.29, 1.82) is 0 Å². The molecule has 2 aliphatic rings. The Kier molecular flexibility index (Phi) is 6.03. The van der Waals surface area contributed by atoms with Gasteiger partial charge >= 0.3 is 6.18 Å². The molecule has 0 aromatic carbocycles. The van der Waals surface area contributed by atoms with Crippen molar-refractivity contribution in [3.05, 3.63) is 59.8 Å². The number of halogens is 3. The van der Waals surface area contributed by atoms with E-state index in [4.69, 9.17) is 4.74 Å². The second-order valence-corrected chi connectivity index (χ2v) is 7.21. The fraction of sp³-hybridized carbons (Fsp3) is 0.429. The molecule has 0 radical (unpaired) electrons. The summed E-state index contributed by atoms with van der Waals surface area (Å²) in [7, 11) is 0. The molecule has 2 atom stereocenters. The summed E-state index contributed by atoms with van der Waals surface area (Å²) in [5, 5.41) is 4.35. The number of aromatic nitrogens is 3. The molecule has 1 aromatic heterocycles. The fourth-order valence-corrected chi connectivity index (χ4v) is 3.16. The summed E-state index contributed by atoms with van der Waals surface area (Å²) in [6.45, 7) is 5.44. The second-order valence-electron chi connectivity index (χ2n) is 7.21. The number of alkyl halides is 3. The lowest BCUT2D eigenvalue weighted by molar-refractivity contribution is -0.0906. The smallest absolute Gasteiger partial charge is 0.371 e. The predicted molar refractivity (Wildman–Crippen MR) is 103 cm³/mol. The summed E-state index contributed by atoms with van der Waals surface area (Å²) in [6.07, 6.45) is 10.4. The Bertz CT molecular complexity index is 856. The highest BCUT2D eigenvalue weighted by atomic mass is 19.4. The van der Waals surface area contributed by atoms with Crippen LogP contribution in [0.4, 0.5) is 13.2 Å². The van der Waals surface area contributed by atoms with Gasteiger partial charge in [-0.25, -0.2) is 9.67 Å². The zero-order chi connectivity index (χ0) is 20.3. The Morgan fingerprint density at radius 1 is 1.29 bits per heavy atom. The molecule has 0 saturated carbocycles. The maximum Gasteiger partial charge on any atom is 0.416 e. The van der Waals surface area contributed by atoms with Crippen LogP contribution in [-0.4, -0.2) is 33.1 Å². The first kappa shape index (κ1) is 20.3. The largest absolute Gasteiger partial charge is 0.416 e. The molecule has 0 aliphatic heterocycles. The first-order chi connectivity index (χ1) is 13.2. The van der Waals surface area contributed by atoms with Gasteiger partial charge in [0.1, 0.15) is 6.33 Å². The Hall–Kier alpha value is -2.41. The van der Waals surface area contributed by atoms with Crippen molar-refractivity contribution < 1.29 is 17.9 Å². The molecule has 0 amide bonds. The number of nitrogens with zero attached hydrogens (tertiary/aromatic N) is 3. The Balaban J connectivity index is 1.86. The molecule has 150 valence electrons. The van der Waals surface area contributed by atoms with Crippen molar-refractivity contribution in [2.24, 2.45) is 5.92 Å². The summed E-state index contributed by atoms with van der Waals surface area (Å²) < 4.78 is 47.3. The van der Waals surface area contributed by atoms with E-state index >= 15 is 0 Å². The van der Waals surface area contributed by atoms with Gasteiger partial charge in [-0.15, -0.1) is 5.10 Å². The molecule has 0 saturated heterocycles. The normalized spacial score (nSPS) is 23.2. The molecular formula is C21H24F3N3O. The van der Waals surface area contributed by atoms with E-state index in [-0.39, 0.29) is 17.8 Å². The molecule has 4 nitrogen and oxygen atoms in total. The molecule has 0 bridgehead atoms. The quantitative estimate of drug-likeness (QED) is 0.680. The van der Waals surface area contributed by atoms with Gasteiger partial charge < -0.3 is 4.74 Å². The van der Waals surface area contributed by atoms with Gasteiger partial charge in [-0.3, -0.25) is 0 Å². The number of rotatable bonds is 5. The van der Waals surface area contributed by atoms with Crippen LogP contribution >= 0.6 is 0 Å². The van der Waals surface area contributed by atoms with Gasteiger partial charge in [-0.05, 0) is 50.5 Å². The van der Waals surface area contributed by atoms with Gasteiger partial charge in [-0.1, -0.05) is 25.2 Å². The van der Waals surface area contributed by atoms with Crippen LogP contribution in [0, 0.1) is 5.92 Å². The third-order valence-corrected chi connectivity index (χ3v) is 4.60. The number of allylic oxidation sites excluding steroid dienone is 7. The zero-order valence-corrected chi connectivity index (χ0v) is 16.1. The zero-order valence-electron chi connectivity index (χ0n) is 16.1. The van der Waals surface area contributed by atoms with Crippen LogP contribution in [0.3, 0.4) is 0 Å². The molecular weight excluding hydrogens is 367 g/mol. The van der Waals surface area contributed by atoms with Crippen molar-refractivity contribution in [2.45, 2.75) is 52.0 Å².